The summed E-state index contributed by atoms with van der Waals surface area (Å²) in [5.74, 6) is -0.229. The largest absolute Gasteiger partial charge is 0.342 e. The van der Waals surface area contributed by atoms with Crippen LogP contribution in [-0.2, 0) is 5.33 Å². The Morgan fingerprint density at radius 1 is 1.11 bits per heavy atom. The van der Waals surface area contributed by atoms with E-state index in [1.54, 1.807) is 12.1 Å². The quantitative estimate of drug-likeness (QED) is 0.660. The van der Waals surface area contributed by atoms with Crippen molar-refractivity contribution in [2.75, 3.05) is 11.4 Å². The third-order valence-electron chi connectivity index (χ3n) is 2.95. The lowest BCUT2D eigenvalue weighted by molar-refractivity contribution is 0.628. The molecule has 0 aromatic heterocycles. The highest BCUT2D eigenvalue weighted by Gasteiger charge is 2.09. The fourth-order valence-corrected chi connectivity index (χ4v) is 2.84. The average molecular weight is 343 g/mol. The van der Waals surface area contributed by atoms with Crippen LogP contribution < -0.4 is 4.90 Å². The number of nitrogens with zero attached hydrogens (tertiary/aromatic N) is 1. The third-order valence-corrected chi connectivity index (χ3v) is 3.90. The summed E-state index contributed by atoms with van der Waals surface area (Å²) in [4.78, 5) is 2.09. The van der Waals surface area contributed by atoms with Gasteiger partial charge in [-0.1, -0.05) is 33.6 Å². The van der Waals surface area contributed by atoms with Crippen LogP contribution >= 0.6 is 27.5 Å². The Morgan fingerprint density at radius 3 is 2.26 bits per heavy atom. The van der Waals surface area contributed by atoms with Crippen LogP contribution in [-0.4, -0.2) is 6.54 Å². The summed E-state index contributed by atoms with van der Waals surface area (Å²) >= 11 is 9.63. The van der Waals surface area contributed by atoms with E-state index in [0.29, 0.717) is 0 Å². The minimum Gasteiger partial charge on any atom is -0.342 e. The second kappa shape index (κ2) is 6.40. The molecule has 0 amide bonds. The zero-order valence-corrected chi connectivity index (χ0v) is 12.9. The van der Waals surface area contributed by atoms with Crippen LogP contribution in [0.25, 0.3) is 0 Å². The van der Waals surface area contributed by atoms with E-state index in [9.17, 15) is 4.39 Å². The molecule has 0 unspecified atom stereocenters. The first kappa shape index (κ1) is 14.4. The number of hydrogen-bond acceptors (Lipinski definition) is 1. The van der Waals surface area contributed by atoms with E-state index in [1.165, 1.54) is 12.1 Å². The molecule has 0 spiro atoms. The second-order valence-corrected chi connectivity index (χ2v) is 5.10. The SMILES string of the molecule is CCN(c1ccc(F)cc1)c1ccc(CBr)c(Cl)c1. The van der Waals surface area contributed by atoms with Crippen molar-refractivity contribution in [1.82, 2.24) is 0 Å². The van der Waals surface area contributed by atoms with E-state index < -0.39 is 0 Å². The van der Waals surface area contributed by atoms with Crippen molar-refractivity contribution in [2.45, 2.75) is 12.3 Å². The minimum atomic E-state index is -0.229. The lowest BCUT2D eigenvalue weighted by Gasteiger charge is -2.24. The van der Waals surface area contributed by atoms with Crippen molar-refractivity contribution < 1.29 is 4.39 Å². The van der Waals surface area contributed by atoms with Gasteiger partial charge in [0.1, 0.15) is 5.82 Å². The van der Waals surface area contributed by atoms with Crippen LogP contribution in [0.2, 0.25) is 5.02 Å². The molecule has 0 atom stereocenters. The number of anilines is 2. The summed E-state index contributed by atoms with van der Waals surface area (Å²) in [5.41, 5.74) is 3.01. The molecule has 2 rings (SSSR count). The molecule has 2 aromatic rings. The van der Waals surface area contributed by atoms with Gasteiger partial charge < -0.3 is 4.90 Å². The summed E-state index contributed by atoms with van der Waals surface area (Å²) < 4.78 is 13.0. The Balaban J connectivity index is 2.36. The van der Waals surface area contributed by atoms with Gasteiger partial charge in [0.05, 0.1) is 0 Å². The Kier molecular flexibility index (Phi) is 4.83. The average Bonchev–Trinajstić information content (AvgIpc) is 2.42. The van der Waals surface area contributed by atoms with Crippen molar-refractivity contribution in [3.05, 3.63) is 58.9 Å². The molecular formula is C15H14BrClFN. The van der Waals surface area contributed by atoms with Gasteiger partial charge in [-0.05, 0) is 48.9 Å². The van der Waals surface area contributed by atoms with Gasteiger partial charge in [0.25, 0.3) is 0 Å². The molecule has 1 nitrogen and oxygen atoms in total. The highest BCUT2D eigenvalue weighted by molar-refractivity contribution is 9.08. The Morgan fingerprint density at radius 2 is 1.74 bits per heavy atom. The Labute approximate surface area is 126 Å². The molecule has 0 bridgehead atoms. The summed E-state index contributed by atoms with van der Waals surface area (Å²) in [5, 5.41) is 1.46. The summed E-state index contributed by atoms with van der Waals surface area (Å²) in [6.07, 6.45) is 0. The fraction of sp³-hybridized carbons (Fsp3) is 0.200. The van der Waals surface area contributed by atoms with Gasteiger partial charge in [-0.25, -0.2) is 4.39 Å². The van der Waals surface area contributed by atoms with E-state index >= 15 is 0 Å². The minimum absolute atomic E-state index is 0.229. The van der Waals surface area contributed by atoms with Crippen molar-refractivity contribution >= 4 is 38.9 Å². The van der Waals surface area contributed by atoms with Gasteiger partial charge in [0.15, 0.2) is 0 Å². The number of benzene rings is 2. The second-order valence-electron chi connectivity index (χ2n) is 4.13. The van der Waals surface area contributed by atoms with Gasteiger partial charge in [-0.2, -0.15) is 0 Å². The van der Waals surface area contributed by atoms with E-state index in [1.807, 2.05) is 18.2 Å². The van der Waals surface area contributed by atoms with Gasteiger partial charge in [0, 0.05) is 28.3 Å². The molecule has 0 saturated carbocycles. The zero-order chi connectivity index (χ0) is 13.8. The highest BCUT2D eigenvalue weighted by atomic mass is 79.9. The lowest BCUT2D eigenvalue weighted by Crippen LogP contribution is -2.15. The van der Waals surface area contributed by atoms with E-state index in [4.69, 9.17) is 11.6 Å². The first-order valence-electron chi connectivity index (χ1n) is 6.03. The smallest absolute Gasteiger partial charge is 0.123 e. The molecule has 19 heavy (non-hydrogen) atoms. The summed E-state index contributed by atoms with van der Waals surface area (Å²) in [7, 11) is 0. The lowest BCUT2D eigenvalue weighted by atomic mass is 10.2. The molecule has 2 aromatic carbocycles. The van der Waals surface area contributed by atoms with Crippen LogP contribution in [0.3, 0.4) is 0 Å². The van der Waals surface area contributed by atoms with Gasteiger partial charge in [-0.15, -0.1) is 0 Å². The van der Waals surface area contributed by atoms with Crippen molar-refractivity contribution in [3.8, 4) is 0 Å². The van der Waals surface area contributed by atoms with E-state index in [0.717, 1.165) is 33.8 Å². The van der Waals surface area contributed by atoms with Crippen LogP contribution in [0.5, 0.6) is 0 Å². The van der Waals surface area contributed by atoms with Crippen molar-refractivity contribution in [1.29, 1.82) is 0 Å². The van der Waals surface area contributed by atoms with Gasteiger partial charge >= 0.3 is 0 Å². The van der Waals surface area contributed by atoms with Gasteiger partial charge in [-0.3, -0.25) is 0 Å². The molecule has 0 aliphatic carbocycles. The molecule has 100 valence electrons. The molecule has 0 saturated heterocycles. The topological polar surface area (TPSA) is 3.24 Å². The maximum absolute atomic E-state index is 13.0. The Bertz CT molecular complexity index is 557. The van der Waals surface area contributed by atoms with E-state index in [2.05, 4.69) is 27.8 Å². The molecular weight excluding hydrogens is 329 g/mol. The molecule has 0 radical (unpaired) electrons. The predicted octanol–water partition coefficient (Wildman–Crippen LogP) is 5.53. The van der Waals surface area contributed by atoms with Crippen LogP contribution in [0.4, 0.5) is 15.8 Å². The zero-order valence-electron chi connectivity index (χ0n) is 10.5. The standard InChI is InChI=1S/C15H14BrClFN/c1-2-19(13-7-4-12(18)5-8-13)14-6-3-11(10-16)15(17)9-14/h3-9H,2,10H2,1H3. The molecule has 0 aliphatic heterocycles. The predicted molar refractivity (Wildman–Crippen MR) is 83.2 cm³/mol. The first-order valence-corrected chi connectivity index (χ1v) is 7.53. The molecule has 0 aliphatic rings. The number of hydrogen-bond donors (Lipinski definition) is 0. The Hall–Kier alpha value is -1.06. The van der Waals surface area contributed by atoms with Gasteiger partial charge in [0.2, 0.25) is 0 Å². The van der Waals surface area contributed by atoms with E-state index in [-0.39, 0.29) is 5.82 Å². The van der Waals surface area contributed by atoms with Crippen LogP contribution in [0, 0.1) is 5.82 Å². The number of rotatable bonds is 4. The molecule has 4 heteroatoms. The van der Waals surface area contributed by atoms with Crippen LogP contribution in [0.1, 0.15) is 12.5 Å². The van der Waals surface area contributed by atoms with Crippen LogP contribution in [0.15, 0.2) is 42.5 Å². The number of halogens is 3. The van der Waals surface area contributed by atoms with Crippen molar-refractivity contribution in [2.24, 2.45) is 0 Å². The molecule has 0 N–H and O–H groups in total. The first-order chi connectivity index (χ1) is 9.15. The summed E-state index contributed by atoms with van der Waals surface area (Å²) in [6, 6.07) is 12.4. The molecule has 0 heterocycles. The highest BCUT2D eigenvalue weighted by Crippen LogP contribution is 2.30. The normalized spacial score (nSPS) is 10.5. The summed E-state index contributed by atoms with van der Waals surface area (Å²) in [6.45, 7) is 2.84. The number of alkyl halides is 1. The fourth-order valence-electron chi connectivity index (χ4n) is 1.95. The maximum Gasteiger partial charge on any atom is 0.123 e. The third kappa shape index (κ3) is 3.28. The molecule has 0 fully saturated rings. The van der Waals surface area contributed by atoms with Crippen molar-refractivity contribution in [3.63, 3.8) is 0 Å². The monoisotopic (exact) mass is 341 g/mol. The maximum atomic E-state index is 13.0.